The highest BCUT2D eigenvalue weighted by molar-refractivity contribution is 8.00. The molecule has 1 amide bonds. The molecule has 0 aliphatic rings. The molecule has 0 unspecified atom stereocenters. The molecule has 164 valence electrons. The van der Waals surface area contributed by atoms with Gasteiger partial charge in [-0.2, -0.15) is 0 Å². The number of amides is 1. The first kappa shape index (κ1) is 21.4. The molecule has 0 atom stereocenters. The van der Waals surface area contributed by atoms with Crippen molar-refractivity contribution in [2.75, 3.05) is 5.32 Å². The maximum Gasteiger partial charge on any atom is 0.255 e. The number of anilines is 1. The van der Waals surface area contributed by atoms with E-state index in [1.165, 1.54) is 0 Å². The normalized spacial score (nSPS) is 11.2. The minimum Gasteiger partial charge on any atom is -0.357 e. The van der Waals surface area contributed by atoms with E-state index in [4.69, 9.17) is 4.98 Å². The van der Waals surface area contributed by atoms with Crippen LogP contribution in [0.1, 0.15) is 27.2 Å². The Hall–Kier alpha value is -3.42. The average Bonchev–Trinajstić information content (AvgIpc) is 3.20. The Kier molecular flexibility index (Phi) is 5.74. The molecule has 0 saturated carbocycles. The zero-order chi connectivity index (χ0) is 22.9. The van der Waals surface area contributed by atoms with Crippen molar-refractivity contribution in [2.24, 2.45) is 0 Å². The van der Waals surface area contributed by atoms with Crippen LogP contribution in [0.5, 0.6) is 0 Å². The number of carbonyl (C=O) groups excluding carboxylic acids is 1. The number of thioether (sulfide) groups is 1. The van der Waals surface area contributed by atoms with Gasteiger partial charge < -0.3 is 10.3 Å². The molecule has 0 aliphatic carbocycles. The highest BCUT2D eigenvalue weighted by Crippen LogP contribution is 2.33. The zero-order valence-electron chi connectivity index (χ0n) is 18.1. The van der Waals surface area contributed by atoms with E-state index in [0.717, 1.165) is 42.6 Å². The summed E-state index contributed by atoms with van der Waals surface area (Å²) in [7, 11) is 0. The summed E-state index contributed by atoms with van der Waals surface area (Å²) in [4.78, 5) is 33.1. The van der Waals surface area contributed by atoms with E-state index < -0.39 is 0 Å². The molecule has 2 aromatic heterocycles. The lowest BCUT2D eigenvalue weighted by molar-refractivity contribution is 0.102. The second-order valence-corrected chi connectivity index (χ2v) is 10.2. The van der Waals surface area contributed by atoms with E-state index >= 15 is 0 Å². The first-order valence-electron chi connectivity index (χ1n) is 10.5. The number of rotatable bonds is 5. The molecular formula is C26H21N3O2S2. The topological polar surface area (TPSA) is 74.8 Å². The molecular weight excluding hydrogens is 450 g/mol. The Morgan fingerprint density at radius 1 is 1.03 bits per heavy atom. The number of aromatic amines is 1. The molecule has 7 heteroatoms. The number of carbonyl (C=O) groups is 1. The van der Waals surface area contributed by atoms with Gasteiger partial charge in [0.2, 0.25) is 0 Å². The highest BCUT2D eigenvalue weighted by atomic mass is 32.2. The third-order valence-electron chi connectivity index (χ3n) is 5.30. The van der Waals surface area contributed by atoms with Gasteiger partial charge in [0.1, 0.15) is 0 Å². The fourth-order valence-corrected chi connectivity index (χ4v) is 5.68. The van der Waals surface area contributed by atoms with E-state index in [9.17, 15) is 9.59 Å². The van der Waals surface area contributed by atoms with Crippen LogP contribution >= 0.6 is 23.1 Å². The molecule has 0 radical (unpaired) electrons. The summed E-state index contributed by atoms with van der Waals surface area (Å²) >= 11 is 3.16. The standard InChI is InChI=1S/C26H21N3O2S2/c1-15-4-3-5-17(10-15)25(31)28-18-7-9-22-24(13-18)33-26(29-22)32-14-19-12-23(30)20-11-16(2)6-8-21(20)27-19/h3-13H,14H2,1-2H3,(H,27,30)(H,28,31). The molecule has 3 aromatic carbocycles. The van der Waals surface area contributed by atoms with Crippen LogP contribution in [-0.4, -0.2) is 15.9 Å². The molecule has 0 spiro atoms. The van der Waals surface area contributed by atoms with Crippen LogP contribution in [0.15, 0.2) is 75.9 Å². The summed E-state index contributed by atoms with van der Waals surface area (Å²) in [5, 5.41) is 3.68. The molecule has 5 nitrogen and oxygen atoms in total. The number of nitrogens with zero attached hydrogens (tertiary/aromatic N) is 1. The van der Waals surface area contributed by atoms with Gasteiger partial charge in [-0.3, -0.25) is 9.59 Å². The predicted molar refractivity (Wildman–Crippen MR) is 138 cm³/mol. The van der Waals surface area contributed by atoms with Gasteiger partial charge in [0.25, 0.3) is 5.91 Å². The van der Waals surface area contributed by atoms with E-state index in [-0.39, 0.29) is 11.3 Å². The van der Waals surface area contributed by atoms with Crippen LogP contribution < -0.4 is 10.7 Å². The fourth-order valence-electron chi connectivity index (χ4n) is 3.67. The van der Waals surface area contributed by atoms with Crippen molar-refractivity contribution in [1.82, 2.24) is 9.97 Å². The van der Waals surface area contributed by atoms with Crippen molar-refractivity contribution in [3.63, 3.8) is 0 Å². The lowest BCUT2D eigenvalue weighted by Crippen LogP contribution is -2.11. The molecule has 0 fully saturated rings. The molecule has 0 aliphatic heterocycles. The van der Waals surface area contributed by atoms with Crippen LogP contribution in [0.25, 0.3) is 21.1 Å². The smallest absolute Gasteiger partial charge is 0.255 e. The number of fused-ring (bicyclic) bond motifs is 2. The molecule has 0 saturated heterocycles. The number of aromatic nitrogens is 2. The molecule has 5 rings (SSSR count). The van der Waals surface area contributed by atoms with Crippen molar-refractivity contribution in [2.45, 2.75) is 23.9 Å². The summed E-state index contributed by atoms with van der Waals surface area (Å²) in [6, 6.07) is 20.8. The summed E-state index contributed by atoms with van der Waals surface area (Å²) in [5.41, 5.74) is 6.12. The molecule has 33 heavy (non-hydrogen) atoms. The molecule has 2 N–H and O–H groups in total. The van der Waals surface area contributed by atoms with Gasteiger partial charge >= 0.3 is 0 Å². The van der Waals surface area contributed by atoms with Crippen LogP contribution in [0.2, 0.25) is 0 Å². The summed E-state index contributed by atoms with van der Waals surface area (Å²) in [5.74, 6) is 0.489. The Labute approximate surface area is 198 Å². The van der Waals surface area contributed by atoms with Gasteiger partial charge in [0, 0.05) is 39.7 Å². The zero-order valence-corrected chi connectivity index (χ0v) is 19.8. The Morgan fingerprint density at radius 2 is 1.88 bits per heavy atom. The summed E-state index contributed by atoms with van der Waals surface area (Å²) in [6.45, 7) is 3.95. The van der Waals surface area contributed by atoms with Gasteiger partial charge in [-0.25, -0.2) is 4.98 Å². The van der Waals surface area contributed by atoms with Crippen molar-refractivity contribution >= 4 is 55.8 Å². The number of hydrogen-bond donors (Lipinski definition) is 2. The third kappa shape index (κ3) is 4.69. The Bertz CT molecular complexity index is 1570. The minimum atomic E-state index is -0.132. The second-order valence-electron chi connectivity index (χ2n) is 7.98. The van der Waals surface area contributed by atoms with Crippen molar-refractivity contribution < 1.29 is 4.79 Å². The quantitative estimate of drug-likeness (QED) is 0.295. The van der Waals surface area contributed by atoms with Crippen LogP contribution in [0, 0.1) is 13.8 Å². The van der Waals surface area contributed by atoms with Gasteiger partial charge in [-0.15, -0.1) is 11.3 Å². The van der Waals surface area contributed by atoms with Gasteiger partial charge in [0.05, 0.1) is 10.2 Å². The van der Waals surface area contributed by atoms with Crippen LogP contribution in [-0.2, 0) is 5.75 Å². The number of pyridine rings is 1. The largest absolute Gasteiger partial charge is 0.357 e. The summed E-state index contributed by atoms with van der Waals surface area (Å²) < 4.78 is 1.92. The molecule has 0 bridgehead atoms. The lowest BCUT2D eigenvalue weighted by Gasteiger charge is -2.05. The number of aryl methyl sites for hydroxylation is 2. The SMILES string of the molecule is Cc1cccc(C(=O)Nc2ccc3nc(SCc4cc(=O)c5cc(C)ccc5[nH]4)sc3c2)c1. The Morgan fingerprint density at radius 3 is 2.73 bits per heavy atom. The van der Waals surface area contributed by atoms with Crippen LogP contribution in [0.3, 0.4) is 0 Å². The second kappa shape index (κ2) is 8.84. The Balaban J connectivity index is 1.32. The van der Waals surface area contributed by atoms with E-state index in [2.05, 4.69) is 10.3 Å². The minimum absolute atomic E-state index is 0.0290. The van der Waals surface area contributed by atoms with Crippen LogP contribution in [0.4, 0.5) is 5.69 Å². The number of hydrogen-bond acceptors (Lipinski definition) is 5. The van der Waals surface area contributed by atoms with Gasteiger partial charge in [-0.1, -0.05) is 41.1 Å². The maximum atomic E-state index is 12.5. The van der Waals surface area contributed by atoms with E-state index in [1.54, 1.807) is 35.2 Å². The number of benzene rings is 3. The maximum absolute atomic E-state index is 12.5. The van der Waals surface area contributed by atoms with Gasteiger partial charge in [0.15, 0.2) is 9.77 Å². The lowest BCUT2D eigenvalue weighted by atomic mass is 10.1. The third-order valence-corrected chi connectivity index (χ3v) is 7.51. The monoisotopic (exact) mass is 471 g/mol. The first-order valence-corrected chi connectivity index (χ1v) is 12.3. The number of thiazole rings is 1. The molecule has 5 aromatic rings. The van der Waals surface area contributed by atoms with Crippen molar-refractivity contribution in [3.05, 3.63) is 99.3 Å². The van der Waals surface area contributed by atoms with E-state index in [0.29, 0.717) is 16.7 Å². The van der Waals surface area contributed by atoms with Crippen molar-refractivity contribution in [3.8, 4) is 0 Å². The average molecular weight is 472 g/mol. The predicted octanol–water partition coefficient (Wildman–Crippen LogP) is 6.30. The van der Waals surface area contributed by atoms with Crippen molar-refractivity contribution in [1.29, 1.82) is 0 Å². The number of H-pyrrole nitrogens is 1. The first-order chi connectivity index (χ1) is 15.9. The fraction of sp³-hybridized carbons (Fsp3) is 0.115. The van der Waals surface area contributed by atoms with E-state index in [1.807, 2.05) is 68.4 Å². The highest BCUT2D eigenvalue weighted by Gasteiger charge is 2.10. The molecule has 2 heterocycles. The van der Waals surface area contributed by atoms with Gasteiger partial charge in [-0.05, 0) is 56.3 Å². The summed E-state index contributed by atoms with van der Waals surface area (Å²) in [6.07, 6.45) is 0. The number of nitrogens with one attached hydrogen (secondary N) is 2.